The van der Waals surface area contributed by atoms with E-state index in [0.717, 1.165) is 32.8 Å². The summed E-state index contributed by atoms with van der Waals surface area (Å²) in [6.45, 7) is 6.35. The van der Waals surface area contributed by atoms with Crippen LogP contribution in [0.2, 0.25) is 0 Å². The van der Waals surface area contributed by atoms with Crippen LogP contribution in [0.1, 0.15) is 13.3 Å². The highest BCUT2D eigenvalue weighted by Crippen LogP contribution is 2.19. The van der Waals surface area contributed by atoms with Gasteiger partial charge < -0.3 is 20.5 Å². The number of nitrogens with one attached hydrogen (secondary N) is 1. The van der Waals surface area contributed by atoms with E-state index in [1.807, 2.05) is 0 Å². The molecule has 0 bridgehead atoms. The summed E-state index contributed by atoms with van der Waals surface area (Å²) in [7, 11) is 0. The Morgan fingerprint density at radius 2 is 2.29 bits per heavy atom. The Kier molecular flexibility index (Phi) is 3.07. The van der Waals surface area contributed by atoms with E-state index >= 15 is 0 Å². The second kappa shape index (κ2) is 4.14. The summed E-state index contributed by atoms with van der Waals surface area (Å²) in [5, 5.41) is 3.55. The van der Waals surface area contributed by atoms with Gasteiger partial charge in [-0.3, -0.25) is 0 Å². The minimum absolute atomic E-state index is 0.155. The SMILES string of the molecule is CC1(NCC2COCC2N)CCOC1. The van der Waals surface area contributed by atoms with Gasteiger partial charge in [0.25, 0.3) is 0 Å². The molecular weight excluding hydrogens is 180 g/mol. The van der Waals surface area contributed by atoms with Gasteiger partial charge in [-0.15, -0.1) is 0 Å². The summed E-state index contributed by atoms with van der Waals surface area (Å²) in [6, 6.07) is 0.202. The Labute approximate surface area is 85.1 Å². The van der Waals surface area contributed by atoms with Crippen LogP contribution in [0, 0.1) is 5.92 Å². The second-order valence-electron chi connectivity index (χ2n) is 4.71. The van der Waals surface area contributed by atoms with Crippen LogP contribution in [0.15, 0.2) is 0 Å². The molecule has 3 atom stereocenters. The molecule has 2 aliphatic rings. The van der Waals surface area contributed by atoms with E-state index in [1.54, 1.807) is 0 Å². The van der Waals surface area contributed by atoms with Crippen molar-refractivity contribution in [2.45, 2.75) is 24.9 Å². The van der Waals surface area contributed by atoms with Crippen LogP contribution < -0.4 is 11.1 Å². The van der Waals surface area contributed by atoms with E-state index in [4.69, 9.17) is 15.2 Å². The summed E-state index contributed by atoms with van der Waals surface area (Å²) >= 11 is 0. The molecular formula is C10H20N2O2. The molecule has 0 aromatic rings. The molecule has 3 unspecified atom stereocenters. The van der Waals surface area contributed by atoms with E-state index in [9.17, 15) is 0 Å². The van der Waals surface area contributed by atoms with Crippen molar-refractivity contribution in [3.05, 3.63) is 0 Å². The van der Waals surface area contributed by atoms with Gasteiger partial charge in [-0.25, -0.2) is 0 Å². The van der Waals surface area contributed by atoms with Gasteiger partial charge in [0, 0.05) is 30.7 Å². The lowest BCUT2D eigenvalue weighted by atomic mass is 9.98. The van der Waals surface area contributed by atoms with Crippen LogP contribution in [0.5, 0.6) is 0 Å². The Morgan fingerprint density at radius 3 is 2.86 bits per heavy atom. The van der Waals surface area contributed by atoms with Crippen LogP contribution in [0.3, 0.4) is 0 Å². The monoisotopic (exact) mass is 200 g/mol. The van der Waals surface area contributed by atoms with E-state index in [-0.39, 0.29) is 11.6 Å². The minimum atomic E-state index is 0.155. The zero-order valence-corrected chi connectivity index (χ0v) is 8.79. The lowest BCUT2D eigenvalue weighted by molar-refractivity contribution is 0.164. The quantitative estimate of drug-likeness (QED) is 0.658. The molecule has 0 aromatic carbocycles. The Hall–Kier alpha value is -0.160. The first-order valence-electron chi connectivity index (χ1n) is 5.36. The van der Waals surface area contributed by atoms with E-state index in [1.165, 1.54) is 0 Å². The molecule has 2 saturated heterocycles. The fourth-order valence-electron chi connectivity index (χ4n) is 2.01. The minimum Gasteiger partial charge on any atom is -0.379 e. The van der Waals surface area contributed by atoms with Crippen LogP contribution in [0.4, 0.5) is 0 Å². The summed E-state index contributed by atoms with van der Waals surface area (Å²) in [5.74, 6) is 0.465. The molecule has 0 radical (unpaired) electrons. The highest BCUT2D eigenvalue weighted by atomic mass is 16.5. The second-order valence-corrected chi connectivity index (χ2v) is 4.71. The first-order valence-corrected chi connectivity index (χ1v) is 5.36. The topological polar surface area (TPSA) is 56.5 Å². The number of nitrogens with two attached hydrogens (primary N) is 1. The molecule has 2 heterocycles. The zero-order chi connectivity index (χ0) is 10.0. The summed E-state index contributed by atoms with van der Waals surface area (Å²) in [5.41, 5.74) is 6.07. The van der Waals surface area contributed by atoms with E-state index < -0.39 is 0 Å². The van der Waals surface area contributed by atoms with Gasteiger partial charge in [0.2, 0.25) is 0 Å². The third kappa shape index (κ3) is 2.25. The van der Waals surface area contributed by atoms with Crippen LogP contribution in [0.25, 0.3) is 0 Å². The van der Waals surface area contributed by atoms with Crippen molar-refractivity contribution in [2.24, 2.45) is 11.7 Å². The van der Waals surface area contributed by atoms with Gasteiger partial charge in [-0.2, -0.15) is 0 Å². The third-order valence-corrected chi connectivity index (χ3v) is 3.26. The standard InChI is InChI=1S/C10H20N2O2/c1-10(2-3-13-7-10)12-4-8-5-14-6-9(8)11/h8-9,12H,2-7,11H2,1H3. The van der Waals surface area contributed by atoms with Crippen LogP contribution in [-0.2, 0) is 9.47 Å². The van der Waals surface area contributed by atoms with Crippen molar-refractivity contribution >= 4 is 0 Å². The Morgan fingerprint density at radius 1 is 1.43 bits per heavy atom. The van der Waals surface area contributed by atoms with Gasteiger partial charge in [0.05, 0.1) is 19.8 Å². The lowest BCUT2D eigenvalue weighted by Gasteiger charge is -2.26. The molecule has 2 fully saturated rings. The average molecular weight is 200 g/mol. The molecule has 3 N–H and O–H groups in total. The lowest BCUT2D eigenvalue weighted by Crippen LogP contribution is -2.47. The normalized spacial score (nSPS) is 43.3. The zero-order valence-electron chi connectivity index (χ0n) is 8.79. The number of rotatable bonds is 3. The highest BCUT2D eigenvalue weighted by Gasteiger charge is 2.32. The highest BCUT2D eigenvalue weighted by molar-refractivity contribution is 4.89. The van der Waals surface area contributed by atoms with Gasteiger partial charge >= 0.3 is 0 Å². The maximum absolute atomic E-state index is 5.91. The van der Waals surface area contributed by atoms with Crippen LogP contribution in [-0.4, -0.2) is 44.6 Å². The molecule has 4 nitrogen and oxygen atoms in total. The van der Waals surface area contributed by atoms with Crippen molar-refractivity contribution in [3.8, 4) is 0 Å². The van der Waals surface area contributed by atoms with Gasteiger partial charge in [0.15, 0.2) is 0 Å². The molecule has 0 aromatic heterocycles. The molecule has 0 amide bonds. The van der Waals surface area contributed by atoms with Gasteiger partial charge in [-0.05, 0) is 13.3 Å². The molecule has 0 aliphatic carbocycles. The maximum atomic E-state index is 5.91. The molecule has 14 heavy (non-hydrogen) atoms. The maximum Gasteiger partial charge on any atom is 0.0646 e. The van der Waals surface area contributed by atoms with Crippen molar-refractivity contribution in [1.82, 2.24) is 5.32 Å². The molecule has 4 heteroatoms. The molecule has 82 valence electrons. The number of hydrogen-bond donors (Lipinski definition) is 2. The molecule has 0 saturated carbocycles. The summed E-state index contributed by atoms with van der Waals surface area (Å²) < 4.78 is 10.7. The summed E-state index contributed by atoms with van der Waals surface area (Å²) in [6.07, 6.45) is 1.09. The number of ether oxygens (including phenoxy) is 2. The fourth-order valence-corrected chi connectivity index (χ4v) is 2.01. The van der Waals surface area contributed by atoms with Crippen molar-refractivity contribution in [2.75, 3.05) is 33.0 Å². The molecule has 2 rings (SSSR count). The summed E-state index contributed by atoms with van der Waals surface area (Å²) in [4.78, 5) is 0. The van der Waals surface area contributed by atoms with E-state index in [2.05, 4.69) is 12.2 Å². The predicted octanol–water partition coefficient (Wildman–Crippen LogP) is -0.271. The molecule has 0 spiro atoms. The largest absolute Gasteiger partial charge is 0.379 e. The van der Waals surface area contributed by atoms with Crippen molar-refractivity contribution in [1.29, 1.82) is 0 Å². The Bertz CT molecular complexity index is 193. The fraction of sp³-hybridized carbons (Fsp3) is 1.00. The smallest absolute Gasteiger partial charge is 0.0646 e. The van der Waals surface area contributed by atoms with E-state index in [0.29, 0.717) is 12.5 Å². The van der Waals surface area contributed by atoms with Crippen molar-refractivity contribution < 1.29 is 9.47 Å². The molecule has 2 aliphatic heterocycles. The van der Waals surface area contributed by atoms with Gasteiger partial charge in [-0.1, -0.05) is 0 Å². The van der Waals surface area contributed by atoms with Crippen LogP contribution >= 0.6 is 0 Å². The Balaban J connectivity index is 1.75. The predicted molar refractivity (Wildman–Crippen MR) is 54.1 cm³/mol. The first kappa shape index (κ1) is 10.4. The average Bonchev–Trinajstić information content (AvgIpc) is 2.73. The van der Waals surface area contributed by atoms with Crippen molar-refractivity contribution in [3.63, 3.8) is 0 Å². The van der Waals surface area contributed by atoms with Gasteiger partial charge in [0.1, 0.15) is 0 Å². The third-order valence-electron chi connectivity index (χ3n) is 3.26. The number of hydrogen-bond acceptors (Lipinski definition) is 4. The first-order chi connectivity index (χ1) is 6.70.